The SMILES string of the molecule is CC(C)CN1CC[C@H](CN=C(N)N2CCCCCC2)C1. The van der Waals surface area contributed by atoms with Crippen LogP contribution in [0.25, 0.3) is 0 Å². The van der Waals surface area contributed by atoms with Gasteiger partial charge in [0, 0.05) is 32.7 Å². The average molecular weight is 280 g/mol. The van der Waals surface area contributed by atoms with Crippen molar-refractivity contribution in [3.63, 3.8) is 0 Å². The van der Waals surface area contributed by atoms with Gasteiger partial charge < -0.3 is 15.5 Å². The van der Waals surface area contributed by atoms with Crippen molar-refractivity contribution in [1.82, 2.24) is 9.80 Å². The van der Waals surface area contributed by atoms with E-state index in [1.807, 2.05) is 0 Å². The summed E-state index contributed by atoms with van der Waals surface area (Å²) in [6.45, 7) is 11.4. The molecule has 4 heteroatoms. The number of rotatable bonds is 4. The summed E-state index contributed by atoms with van der Waals surface area (Å²) in [5.74, 6) is 2.26. The average Bonchev–Trinajstić information content (AvgIpc) is 2.67. The number of aliphatic imine (C=N–C) groups is 1. The number of nitrogens with zero attached hydrogens (tertiary/aromatic N) is 3. The third kappa shape index (κ3) is 4.97. The molecule has 0 unspecified atom stereocenters. The lowest BCUT2D eigenvalue weighted by molar-refractivity contribution is 0.288. The Balaban J connectivity index is 1.74. The maximum absolute atomic E-state index is 6.17. The van der Waals surface area contributed by atoms with Gasteiger partial charge in [-0.25, -0.2) is 0 Å². The van der Waals surface area contributed by atoms with Crippen molar-refractivity contribution in [2.75, 3.05) is 39.3 Å². The lowest BCUT2D eigenvalue weighted by Crippen LogP contribution is -2.38. The Bertz CT molecular complexity index is 306. The molecule has 2 N–H and O–H groups in total. The van der Waals surface area contributed by atoms with Crippen molar-refractivity contribution >= 4 is 5.96 Å². The van der Waals surface area contributed by atoms with Crippen molar-refractivity contribution in [3.8, 4) is 0 Å². The molecule has 2 aliphatic rings. The van der Waals surface area contributed by atoms with Crippen molar-refractivity contribution in [2.45, 2.75) is 46.0 Å². The molecule has 116 valence electrons. The van der Waals surface area contributed by atoms with Crippen LogP contribution in [0.15, 0.2) is 4.99 Å². The van der Waals surface area contributed by atoms with Crippen LogP contribution in [0, 0.1) is 11.8 Å². The Hall–Kier alpha value is -0.770. The van der Waals surface area contributed by atoms with Gasteiger partial charge in [-0.1, -0.05) is 26.7 Å². The van der Waals surface area contributed by atoms with E-state index in [0.717, 1.165) is 31.5 Å². The molecule has 0 aromatic heterocycles. The summed E-state index contributed by atoms with van der Waals surface area (Å²) in [4.78, 5) is 9.54. The van der Waals surface area contributed by atoms with Crippen LogP contribution in [0.1, 0.15) is 46.0 Å². The smallest absolute Gasteiger partial charge is 0.191 e. The van der Waals surface area contributed by atoms with Gasteiger partial charge in [-0.05, 0) is 37.6 Å². The van der Waals surface area contributed by atoms with E-state index >= 15 is 0 Å². The second-order valence-electron chi connectivity index (χ2n) is 6.91. The molecule has 0 bridgehead atoms. The molecular formula is C16H32N4. The van der Waals surface area contributed by atoms with Crippen molar-refractivity contribution in [1.29, 1.82) is 0 Å². The number of guanidine groups is 1. The van der Waals surface area contributed by atoms with Gasteiger partial charge in [0.1, 0.15) is 0 Å². The summed E-state index contributed by atoms with van der Waals surface area (Å²) in [5.41, 5.74) is 6.17. The standard InChI is InChI=1S/C16H32N4/c1-14(2)12-19-10-7-15(13-19)11-18-16(17)20-8-5-3-4-6-9-20/h14-15H,3-13H2,1-2H3,(H2,17,18)/t15-/m1/s1. The molecule has 0 aromatic rings. The van der Waals surface area contributed by atoms with E-state index in [4.69, 9.17) is 5.73 Å². The van der Waals surface area contributed by atoms with Gasteiger partial charge in [-0.3, -0.25) is 4.99 Å². The Morgan fingerprint density at radius 3 is 2.50 bits per heavy atom. The van der Waals surface area contributed by atoms with Crippen LogP contribution >= 0.6 is 0 Å². The van der Waals surface area contributed by atoms with Gasteiger partial charge in [0.25, 0.3) is 0 Å². The molecule has 4 nitrogen and oxygen atoms in total. The highest BCUT2D eigenvalue weighted by atomic mass is 15.3. The van der Waals surface area contributed by atoms with Gasteiger partial charge in [-0.2, -0.15) is 0 Å². The van der Waals surface area contributed by atoms with E-state index in [2.05, 4.69) is 28.6 Å². The van der Waals surface area contributed by atoms with Crippen LogP contribution in [0.3, 0.4) is 0 Å². The number of nitrogens with two attached hydrogens (primary N) is 1. The molecule has 2 heterocycles. The highest BCUT2D eigenvalue weighted by Gasteiger charge is 2.22. The van der Waals surface area contributed by atoms with Crippen LogP contribution in [-0.4, -0.2) is 55.0 Å². The first kappa shape index (κ1) is 15.6. The fourth-order valence-electron chi connectivity index (χ4n) is 3.37. The predicted octanol–water partition coefficient (Wildman–Crippen LogP) is 2.16. The molecular weight excluding hydrogens is 248 g/mol. The Morgan fingerprint density at radius 2 is 1.85 bits per heavy atom. The Labute approximate surface area is 124 Å². The first-order chi connectivity index (χ1) is 9.65. The lowest BCUT2D eigenvalue weighted by Gasteiger charge is -2.21. The topological polar surface area (TPSA) is 44.9 Å². The van der Waals surface area contributed by atoms with Gasteiger partial charge in [0.2, 0.25) is 0 Å². The molecule has 0 spiro atoms. The van der Waals surface area contributed by atoms with Crippen LogP contribution < -0.4 is 5.73 Å². The molecule has 0 aromatic carbocycles. The molecule has 0 amide bonds. The molecule has 1 atom stereocenters. The molecule has 0 aliphatic carbocycles. The first-order valence-electron chi connectivity index (χ1n) is 8.42. The van der Waals surface area contributed by atoms with Gasteiger partial charge in [-0.15, -0.1) is 0 Å². The lowest BCUT2D eigenvalue weighted by atomic mass is 10.1. The Morgan fingerprint density at radius 1 is 1.15 bits per heavy atom. The van der Waals surface area contributed by atoms with E-state index in [1.54, 1.807) is 0 Å². The minimum Gasteiger partial charge on any atom is -0.370 e. The van der Waals surface area contributed by atoms with Crippen molar-refractivity contribution in [3.05, 3.63) is 0 Å². The van der Waals surface area contributed by atoms with Gasteiger partial charge in [0.15, 0.2) is 5.96 Å². The highest BCUT2D eigenvalue weighted by Crippen LogP contribution is 2.18. The minimum absolute atomic E-state index is 0.708. The van der Waals surface area contributed by atoms with E-state index < -0.39 is 0 Å². The normalized spacial score (nSPS) is 26.2. The molecule has 0 radical (unpaired) electrons. The number of hydrogen-bond donors (Lipinski definition) is 1. The third-order valence-corrected chi connectivity index (χ3v) is 4.43. The van der Waals surface area contributed by atoms with E-state index in [-0.39, 0.29) is 0 Å². The van der Waals surface area contributed by atoms with Gasteiger partial charge >= 0.3 is 0 Å². The number of likely N-dealkylation sites (tertiary alicyclic amines) is 2. The molecule has 0 saturated carbocycles. The predicted molar refractivity (Wildman–Crippen MR) is 85.9 cm³/mol. The third-order valence-electron chi connectivity index (χ3n) is 4.43. The maximum Gasteiger partial charge on any atom is 0.191 e. The second-order valence-corrected chi connectivity index (χ2v) is 6.91. The van der Waals surface area contributed by atoms with Crippen molar-refractivity contribution < 1.29 is 0 Å². The van der Waals surface area contributed by atoms with Crippen LogP contribution in [0.4, 0.5) is 0 Å². The van der Waals surface area contributed by atoms with Crippen LogP contribution in [0.2, 0.25) is 0 Å². The summed E-state index contributed by atoms with van der Waals surface area (Å²) < 4.78 is 0. The fourth-order valence-corrected chi connectivity index (χ4v) is 3.37. The molecule has 2 rings (SSSR count). The molecule has 20 heavy (non-hydrogen) atoms. The highest BCUT2D eigenvalue weighted by molar-refractivity contribution is 5.78. The largest absolute Gasteiger partial charge is 0.370 e. The summed E-state index contributed by atoms with van der Waals surface area (Å²) in [6, 6.07) is 0. The van der Waals surface area contributed by atoms with E-state index in [1.165, 1.54) is 51.7 Å². The van der Waals surface area contributed by atoms with Crippen molar-refractivity contribution in [2.24, 2.45) is 22.6 Å². The molecule has 2 aliphatic heterocycles. The second kappa shape index (κ2) is 7.87. The summed E-state index contributed by atoms with van der Waals surface area (Å²) in [5, 5.41) is 0. The molecule has 2 saturated heterocycles. The maximum atomic E-state index is 6.17. The zero-order valence-electron chi connectivity index (χ0n) is 13.4. The summed E-state index contributed by atoms with van der Waals surface area (Å²) in [7, 11) is 0. The van der Waals surface area contributed by atoms with Crippen LogP contribution in [-0.2, 0) is 0 Å². The van der Waals surface area contributed by atoms with Crippen LogP contribution in [0.5, 0.6) is 0 Å². The quantitative estimate of drug-likeness (QED) is 0.634. The van der Waals surface area contributed by atoms with E-state index in [9.17, 15) is 0 Å². The Kier molecular flexibility index (Phi) is 6.14. The zero-order valence-corrected chi connectivity index (χ0v) is 13.4. The van der Waals surface area contributed by atoms with E-state index in [0.29, 0.717) is 5.92 Å². The summed E-state index contributed by atoms with van der Waals surface area (Å²) >= 11 is 0. The van der Waals surface area contributed by atoms with Gasteiger partial charge in [0.05, 0.1) is 0 Å². The number of hydrogen-bond acceptors (Lipinski definition) is 2. The minimum atomic E-state index is 0.708. The monoisotopic (exact) mass is 280 g/mol. The molecule has 2 fully saturated rings. The fraction of sp³-hybridized carbons (Fsp3) is 0.938. The zero-order chi connectivity index (χ0) is 14.4. The summed E-state index contributed by atoms with van der Waals surface area (Å²) in [6.07, 6.45) is 6.50. The first-order valence-corrected chi connectivity index (χ1v) is 8.42.